The molecular formula is C18H19NO. The van der Waals surface area contributed by atoms with E-state index in [9.17, 15) is 0 Å². The van der Waals surface area contributed by atoms with Crippen LogP contribution in [0.4, 0.5) is 0 Å². The van der Waals surface area contributed by atoms with Gasteiger partial charge in [-0.25, -0.2) is 0 Å². The van der Waals surface area contributed by atoms with Crippen molar-refractivity contribution in [3.8, 4) is 11.8 Å². The second-order valence-electron chi connectivity index (χ2n) is 5.23. The van der Waals surface area contributed by atoms with E-state index in [1.807, 2.05) is 30.3 Å². The van der Waals surface area contributed by atoms with E-state index < -0.39 is 0 Å². The summed E-state index contributed by atoms with van der Waals surface area (Å²) in [6.07, 6.45) is 0. The zero-order chi connectivity index (χ0) is 14.5. The normalized spacial score (nSPS) is 10.3. The molecule has 0 aliphatic carbocycles. The Bertz CT molecular complexity index is 638. The molecule has 2 heteroatoms. The van der Waals surface area contributed by atoms with Gasteiger partial charge in [0, 0.05) is 5.56 Å². The van der Waals surface area contributed by atoms with Gasteiger partial charge in [0.2, 0.25) is 0 Å². The Kier molecular flexibility index (Phi) is 4.42. The molecule has 0 saturated heterocycles. The third kappa shape index (κ3) is 3.19. The molecule has 0 amide bonds. The fourth-order valence-corrected chi connectivity index (χ4v) is 2.30. The van der Waals surface area contributed by atoms with Gasteiger partial charge in [0.05, 0.1) is 11.6 Å². The van der Waals surface area contributed by atoms with Crippen LogP contribution in [0.2, 0.25) is 0 Å². The summed E-state index contributed by atoms with van der Waals surface area (Å²) < 4.78 is 5.80. The highest BCUT2D eigenvalue weighted by Gasteiger charge is 2.06. The highest BCUT2D eigenvalue weighted by molar-refractivity contribution is 5.39. The molecule has 102 valence electrons. The standard InChI is InChI=1S/C18H19NO/c1-13(2)18-9-8-17(10-14(18)3)20-12-16-7-5-4-6-15(16)11-19/h4-10,13H,12H2,1-3H3. The molecule has 0 bridgehead atoms. The minimum absolute atomic E-state index is 0.421. The molecule has 0 aliphatic rings. The van der Waals surface area contributed by atoms with Gasteiger partial charge in [-0.3, -0.25) is 0 Å². The Balaban J connectivity index is 2.12. The Labute approximate surface area is 120 Å². The Hall–Kier alpha value is -2.27. The van der Waals surface area contributed by atoms with Gasteiger partial charge >= 0.3 is 0 Å². The third-order valence-electron chi connectivity index (χ3n) is 3.40. The van der Waals surface area contributed by atoms with Gasteiger partial charge in [0.25, 0.3) is 0 Å². The lowest BCUT2D eigenvalue weighted by Crippen LogP contribution is -1.99. The van der Waals surface area contributed by atoms with Crippen LogP contribution in [0, 0.1) is 18.3 Å². The number of rotatable bonds is 4. The van der Waals surface area contributed by atoms with E-state index in [1.54, 1.807) is 0 Å². The average Bonchev–Trinajstić information content (AvgIpc) is 2.45. The van der Waals surface area contributed by atoms with Crippen molar-refractivity contribution in [2.75, 3.05) is 0 Å². The predicted octanol–water partition coefficient (Wildman–Crippen LogP) is 4.57. The molecule has 0 N–H and O–H groups in total. The van der Waals surface area contributed by atoms with Crippen LogP contribution in [0.3, 0.4) is 0 Å². The molecule has 20 heavy (non-hydrogen) atoms. The van der Waals surface area contributed by atoms with Gasteiger partial charge in [-0.1, -0.05) is 38.1 Å². The second kappa shape index (κ2) is 6.25. The number of ether oxygens (including phenoxy) is 1. The molecule has 0 heterocycles. The molecule has 0 atom stereocenters. The number of hydrogen-bond acceptors (Lipinski definition) is 2. The fraction of sp³-hybridized carbons (Fsp3) is 0.278. The van der Waals surface area contributed by atoms with Crippen LogP contribution in [0.25, 0.3) is 0 Å². The largest absolute Gasteiger partial charge is 0.489 e. The van der Waals surface area contributed by atoms with E-state index in [4.69, 9.17) is 10.00 Å². The fourth-order valence-electron chi connectivity index (χ4n) is 2.30. The van der Waals surface area contributed by atoms with Gasteiger partial charge in [0.1, 0.15) is 12.4 Å². The first-order valence-electron chi connectivity index (χ1n) is 6.83. The van der Waals surface area contributed by atoms with Gasteiger partial charge in [-0.2, -0.15) is 5.26 Å². The first-order valence-corrected chi connectivity index (χ1v) is 6.83. The SMILES string of the molecule is Cc1cc(OCc2ccccc2C#N)ccc1C(C)C. The maximum absolute atomic E-state index is 9.05. The van der Waals surface area contributed by atoms with E-state index in [2.05, 4.69) is 39.0 Å². The van der Waals surface area contributed by atoms with E-state index in [0.29, 0.717) is 18.1 Å². The number of nitriles is 1. The summed E-state index contributed by atoms with van der Waals surface area (Å²) in [5.41, 5.74) is 4.17. The first-order chi connectivity index (χ1) is 9.61. The Morgan fingerprint density at radius 3 is 2.55 bits per heavy atom. The van der Waals surface area contributed by atoms with Gasteiger partial charge < -0.3 is 4.74 Å². The summed E-state index contributed by atoms with van der Waals surface area (Å²) in [6.45, 7) is 6.90. The molecular weight excluding hydrogens is 246 g/mol. The Morgan fingerprint density at radius 2 is 1.90 bits per heavy atom. The van der Waals surface area contributed by atoms with E-state index in [-0.39, 0.29) is 0 Å². The monoisotopic (exact) mass is 265 g/mol. The van der Waals surface area contributed by atoms with E-state index >= 15 is 0 Å². The van der Waals surface area contributed by atoms with Crippen LogP contribution in [-0.2, 0) is 6.61 Å². The lowest BCUT2D eigenvalue weighted by atomic mass is 9.98. The summed E-state index contributed by atoms with van der Waals surface area (Å²) in [6, 6.07) is 15.9. The smallest absolute Gasteiger partial charge is 0.120 e. The van der Waals surface area contributed by atoms with Gasteiger partial charge in [0.15, 0.2) is 0 Å². The third-order valence-corrected chi connectivity index (χ3v) is 3.40. The van der Waals surface area contributed by atoms with Crippen molar-refractivity contribution in [2.45, 2.75) is 33.3 Å². The summed E-state index contributed by atoms with van der Waals surface area (Å²) in [4.78, 5) is 0. The predicted molar refractivity (Wildman–Crippen MR) is 80.8 cm³/mol. The maximum Gasteiger partial charge on any atom is 0.120 e. The van der Waals surface area contributed by atoms with E-state index in [0.717, 1.165) is 11.3 Å². The molecule has 0 unspecified atom stereocenters. The molecule has 2 aromatic rings. The summed E-state index contributed by atoms with van der Waals surface area (Å²) in [5, 5.41) is 9.05. The minimum Gasteiger partial charge on any atom is -0.489 e. The molecule has 2 nitrogen and oxygen atoms in total. The first kappa shape index (κ1) is 14.1. The van der Waals surface area contributed by atoms with Crippen LogP contribution in [0.5, 0.6) is 5.75 Å². The lowest BCUT2D eigenvalue weighted by Gasteiger charge is -2.13. The zero-order valence-electron chi connectivity index (χ0n) is 12.2. The van der Waals surface area contributed by atoms with Crippen LogP contribution < -0.4 is 4.74 Å². The summed E-state index contributed by atoms with van der Waals surface area (Å²) in [7, 11) is 0. The molecule has 2 aromatic carbocycles. The van der Waals surface area contributed by atoms with Crippen molar-refractivity contribution in [1.29, 1.82) is 5.26 Å². The number of hydrogen-bond donors (Lipinski definition) is 0. The molecule has 0 saturated carbocycles. The quantitative estimate of drug-likeness (QED) is 0.811. The van der Waals surface area contributed by atoms with Crippen molar-refractivity contribution in [3.05, 3.63) is 64.7 Å². The average molecular weight is 265 g/mol. The Morgan fingerprint density at radius 1 is 1.15 bits per heavy atom. The van der Waals surface area contributed by atoms with Crippen LogP contribution in [0.1, 0.15) is 42.0 Å². The minimum atomic E-state index is 0.421. The number of benzene rings is 2. The van der Waals surface area contributed by atoms with Crippen molar-refractivity contribution in [1.82, 2.24) is 0 Å². The number of aryl methyl sites for hydroxylation is 1. The molecule has 0 aliphatic heterocycles. The van der Waals surface area contributed by atoms with Gasteiger partial charge in [-0.05, 0) is 42.2 Å². The molecule has 0 spiro atoms. The number of nitrogens with zero attached hydrogens (tertiary/aromatic N) is 1. The van der Waals surface area contributed by atoms with E-state index in [1.165, 1.54) is 11.1 Å². The molecule has 0 radical (unpaired) electrons. The molecule has 0 aromatic heterocycles. The maximum atomic E-state index is 9.05. The summed E-state index contributed by atoms with van der Waals surface area (Å²) >= 11 is 0. The highest BCUT2D eigenvalue weighted by atomic mass is 16.5. The van der Waals surface area contributed by atoms with Crippen LogP contribution in [-0.4, -0.2) is 0 Å². The van der Waals surface area contributed by atoms with Crippen LogP contribution in [0.15, 0.2) is 42.5 Å². The zero-order valence-corrected chi connectivity index (χ0v) is 12.2. The van der Waals surface area contributed by atoms with Gasteiger partial charge in [-0.15, -0.1) is 0 Å². The second-order valence-corrected chi connectivity index (χ2v) is 5.23. The lowest BCUT2D eigenvalue weighted by molar-refractivity contribution is 0.305. The molecule has 2 rings (SSSR count). The summed E-state index contributed by atoms with van der Waals surface area (Å²) in [5.74, 6) is 1.36. The van der Waals surface area contributed by atoms with Crippen LogP contribution >= 0.6 is 0 Å². The van der Waals surface area contributed by atoms with Crippen molar-refractivity contribution < 1.29 is 4.74 Å². The highest BCUT2D eigenvalue weighted by Crippen LogP contribution is 2.24. The van der Waals surface area contributed by atoms with Crippen molar-refractivity contribution in [3.63, 3.8) is 0 Å². The molecule has 0 fully saturated rings. The topological polar surface area (TPSA) is 33.0 Å². The van der Waals surface area contributed by atoms with Crippen molar-refractivity contribution >= 4 is 0 Å². The van der Waals surface area contributed by atoms with Crippen molar-refractivity contribution in [2.24, 2.45) is 0 Å².